The van der Waals surface area contributed by atoms with Gasteiger partial charge in [0.25, 0.3) is 5.91 Å². The summed E-state index contributed by atoms with van der Waals surface area (Å²) in [5.74, 6) is 0.923. The lowest BCUT2D eigenvalue weighted by atomic mass is 9.87. The Kier molecular flexibility index (Phi) is 3.82. The highest BCUT2D eigenvalue weighted by atomic mass is 16.1. The van der Waals surface area contributed by atoms with Gasteiger partial charge < -0.3 is 15.6 Å². The molecule has 0 aliphatic carbocycles. The van der Waals surface area contributed by atoms with E-state index in [1.807, 2.05) is 18.2 Å². The van der Waals surface area contributed by atoms with Crippen molar-refractivity contribution in [3.63, 3.8) is 0 Å². The first kappa shape index (κ1) is 16.6. The van der Waals surface area contributed by atoms with Crippen molar-refractivity contribution in [1.29, 1.82) is 0 Å². The molecule has 6 heteroatoms. The second kappa shape index (κ2) is 6.23. The van der Waals surface area contributed by atoms with Crippen molar-refractivity contribution in [2.75, 3.05) is 18.4 Å². The number of nitrogens with one attached hydrogen (secondary N) is 4. The number of nitrogens with zero attached hydrogens (tertiary/aromatic N) is 1. The van der Waals surface area contributed by atoms with Crippen molar-refractivity contribution in [2.45, 2.75) is 38.8 Å². The fourth-order valence-electron chi connectivity index (χ4n) is 4.53. The normalized spacial score (nSPS) is 26.7. The molecule has 0 saturated carbocycles. The molecule has 27 heavy (non-hydrogen) atoms. The van der Waals surface area contributed by atoms with Crippen LogP contribution in [0.1, 0.15) is 48.7 Å². The summed E-state index contributed by atoms with van der Waals surface area (Å²) >= 11 is 0. The highest BCUT2D eigenvalue weighted by Crippen LogP contribution is 2.41. The number of carbonyl (C=O) groups excluding carboxylic acids is 1. The fraction of sp³-hybridized carbons (Fsp3) is 0.429. The summed E-state index contributed by atoms with van der Waals surface area (Å²) in [6, 6.07) is 8.14. The van der Waals surface area contributed by atoms with Crippen molar-refractivity contribution in [3.8, 4) is 11.3 Å². The molecule has 1 amide bonds. The smallest absolute Gasteiger partial charge is 0.253 e. The number of hydrogen-bond acceptors (Lipinski definition) is 4. The van der Waals surface area contributed by atoms with Crippen LogP contribution in [-0.2, 0) is 0 Å². The third-order valence-corrected chi connectivity index (χ3v) is 6.02. The van der Waals surface area contributed by atoms with Crippen LogP contribution in [0.25, 0.3) is 11.3 Å². The number of carbonyl (C=O) groups is 1. The lowest BCUT2D eigenvalue weighted by Gasteiger charge is -2.29. The molecule has 0 radical (unpaired) electrons. The van der Waals surface area contributed by atoms with E-state index in [4.69, 9.17) is 4.99 Å². The van der Waals surface area contributed by atoms with Crippen molar-refractivity contribution in [1.82, 2.24) is 15.6 Å². The van der Waals surface area contributed by atoms with Gasteiger partial charge in [0.15, 0.2) is 0 Å². The number of para-hydroxylation sites is 1. The number of hydrogen-bond donors (Lipinski definition) is 4. The zero-order valence-electron chi connectivity index (χ0n) is 15.7. The van der Waals surface area contributed by atoms with Crippen LogP contribution in [0.2, 0.25) is 0 Å². The number of rotatable bonds is 0. The fourth-order valence-corrected chi connectivity index (χ4v) is 4.53. The summed E-state index contributed by atoms with van der Waals surface area (Å²) in [6.07, 6.45) is 2.19. The van der Waals surface area contributed by atoms with Crippen molar-refractivity contribution >= 4 is 23.0 Å². The number of aliphatic imine (C=N–C) groups is 1. The molecule has 6 nitrogen and oxygen atoms in total. The quantitative estimate of drug-likeness (QED) is 0.579. The number of anilines is 1. The minimum Gasteiger partial charge on any atom is -0.363 e. The van der Waals surface area contributed by atoms with Crippen LogP contribution in [0.5, 0.6) is 0 Å². The summed E-state index contributed by atoms with van der Waals surface area (Å²) in [7, 11) is 0. The number of amides is 1. The van der Waals surface area contributed by atoms with E-state index < -0.39 is 0 Å². The van der Waals surface area contributed by atoms with Crippen molar-refractivity contribution in [3.05, 3.63) is 35.5 Å². The molecule has 1 aromatic heterocycles. The van der Waals surface area contributed by atoms with E-state index in [1.165, 1.54) is 0 Å². The number of H-pyrrole nitrogens is 1. The van der Waals surface area contributed by atoms with Crippen molar-refractivity contribution in [2.24, 2.45) is 10.9 Å². The van der Waals surface area contributed by atoms with E-state index in [2.05, 4.69) is 40.8 Å². The second-order valence-corrected chi connectivity index (χ2v) is 8.03. The van der Waals surface area contributed by atoms with Gasteiger partial charge in [-0.1, -0.05) is 19.1 Å². The molecular weight excluding hydrogens is 338 g/mol. The maximum Gasteiger partial charge on any atom is 0.253 e. The first-order chi connectivity index (χ1) is 13.1. The number of fused-ring (bicyclic) bond motifs is 3. The van der Waals surface area contributed by atoms with Gasteiger partial charge in [0.1, 0.15) is 6.17 Å². The Morgan fingerprint density at radius 3 is 3.00 bits per heavy atom. The molecule has 1 aromatic carbocycles. The van der Waals surface area contributed by atoms with Gasteiger partial charge in [0.05, 0.1) is 22.6 Å². The Labute approximate surface area is 158 Å². The van der Waals surface area contributed by atoms with Gasteiger partial charge in [-0.25, -0.2) is 0 Å². The highest BCUT2D eigenvalue weighted by Gasteiger charge is 2.31. The van der Waals surface area contributed by atoms with Crippen LogP contribution >= 0.6 is 0 Å². The predicted molar refractivity (Wildman–Crippen MR) is 108 cm³/mol. The maximum atomic E-state index is 12.4. The molecule has 0 saturated heterocycles. The molecule has 0 spiro atoms. The first-order valence-electron chi connectivity index (χ1n) is 9.79. The molecule has 2 aromatic rings. The zero-order chi connectivity index (χ0) is 18.5. The molecule has 0 fully saturated rings. The largest absolute Gasteiger partial charge is 0.363 e. The van der Waals surface area contributed by atoms with E-state index in [9.17, 15) is 4.79 Å². The van der Waals surface area contributed by atoms with Crippen LogP contribution < -0.4 is 16.0 Å². The van der Waals surface area contributed by atoms with Crippen LogP contribution in [-0.4, -0.2) is 35.9 Å². The summed E-state index contributed by atoms with van der Waals surface area (Å²) in [4.78, 5) is 20.9. The summed E-state index contributed by atoms with van der Waals surface area (Å²) in [5, 5.41) is 10.3. The molecule has 1 unspecified atom stereocenters. The minimum atomic E-state index is 0.0228. The lowest BCUT2D eigenvalue weighted by molar-refractivity contribution is 0.0937. The summed E-state index contributed by atoms with van der Waals surface area (Å²) in [5.41, 5.74) is 6.91. The first-order valence-corrected chi connectivity index (χ1v) is 9.79. The molecule has 140 valence electrons. The van der Waals surface area contributed by atoms with E-state index >= 15 is 0 Å². The number of aromatic nitrogens is 1. The zero-order valence-corrected chi connectivity index (χ0v) is 15.7. The topological polar surface area (TPSA) is 81.3 Å². The van der Waals surface area contributed by atoms with Crippen LogP contribution in [0.4, 0.5) is 11.4 Å². The summed E-state index contributed by atoms with van der Waals surface area (Å²) in [6.45, 7) is 6.00. The van der Waals surface area contributed by atoms with Gasteiger partial charge >= 0.3 is 0 Å². The molecule has 3 aliphatic rings. The van der Waals surface area contributed by atoms with E-state index in [-0.39, 0.29) is 12.1 Å². The molecule has 4 heterocycles. The van der Waals surface area contributed by atoms with Gasteiger partial charge in [0.2, 0.25) is 0 Å². The van der Waals surface area contributed by atoms with Gasteiger partial charge in [-0.05, 0) is 44.4 Å². The van der Waals surface area contributed by atoms with Gasteiger partial charge in [-0.2, -0.15) is 0 Å². The van der Waals surface area contributed by atoms with E-state index in [0.717, 1.165) is 59.0 Å². The standard InChI is InChI=1S/C21H25N5O/c1-11-6-7-22-20-12(2)24-16-5-3-4-14(19(16)26-20)17-9-15-18(25-17)13(8-11)10-23-21(15)27/h3-5,9,11,13,20,22,25-26H,6-8,10H2,1-2H3,(H,23,27)/t11-,13+,20?/m0/s1. The molecular formula is C21H25N5O. The molecule has 3 atom stereocenters. The van der Waals surface area contributed by atoms with Crippen LogP contribution in [0.3, 0.4) is 0 Å². The summed E-state index contributed by atoms with van der Waals surface area (Å²) < 4.78 is 0. The monoisotopic (exact) mass is 363 g/mol. The Hall–Kier alpha value is -2.60. The van der Waals surface area contributed by atoms with Gasteiger partial charge in [-0.15, -0.1) is 0 Å². The van der Waals surface area contributed by atoms with Crippen molar-refractivity contribution < 1.29 is 4.79 Å². The Morgan fingerprint density at radius 2 is 2.11 bits per heavy atom. The Morgan fingerprint density at radius 1 is 1.22 bits per heavy atom. The average molecular weight is 363 g/mol. The maximum absolute atomic E-state index is 12.4. The molecule has 4 N–H and O–H groups in total. The molecule has 5 rings (SSSR count). The molecule has 4 bridgehead atoms. The average Bonchev–Trinajstić information content (AvgIpc) is 3.10. The minimum absolute atomic E-state index is 0.0228. The predicted octanol–water partition coefficient (Wildman–Crippen LogP) is 3.37. The van der Waals surface area contributed by atoms with Gasteiger partial charge in [0, 0.05) is 29.4 Å². The van der Waals surface area contributed by atoms with E-state index in [1.54, 1.807) is 0 Å². The highest BCUT2D eigenvalue weighted by molar-refractivity contribution is 6.01. The van der Waals surface area contributed by atoms with Gasteiger partial charge in [-0.3, -0.25) is 15.1 Å². The number of aromatic amines is 1. The second-order valence-electron chi connectivity index (χ2n) is 8.03. The van der Waals surface area contributed by atoms with Crippen LogP contribution in [0, 0.1) is 5.92 Å². The SMILES string of the molecule is CC1=Nc2cccc3c2NC1NCC[C@H](C)C[C@@H]1CNC(=O)c2cc-3[nH]c21. The Bertz CT molecular complexity index is 944. The van der Waals surface area contributed by atoms with Crippen LogP contribution in [0.15, 0.2) is 29.3 Å². The third-order valence-electron chi connectivity index (χ3n) is 6.02. The Balaban J connectivity index is 1.68. The third kappa shape index (κ3) is 2.75. The number of benzene rings is 1. The molecule has 3 aliphatic heterocycles. The van der Waals surface area contributed by atoms with E-state index in [0.29, 0.717) is 18.4 Å². The lowest BCUT2D eigenvalue weighted by Crippen LogP contribution is -2.44.